The Hall–Kier alpha value is -2.73. The molecule has 4 amide bonds. The van der Waals surface area contributed by atoms with Gasteiger partial charge in [-0.25, -0.2) is 9.69 Å². The van der Waals surface area contributed by atoms with E-state index >= 15 is 0 Å². The number of imide groups is 2. The van der Waals surface area contributed by atoms with E-state index in [-0.39, 0.29) is 5.57 Å². The van der Waals surface area contributed by atoms with Crippen molar-refractivity contribution in [3.8, 4) is 0 Å². The van der Waals surface area contributed by atoms with Gasteiger partial charge in [-0.05, 0) is 54.6 Å². The number of thiophene rings is 1. The summed E-state index contributed by atoms with van der Waals surface area (Å²) in [7, 11) is 0. The predicted octanol–water partition coefficient (Wildman–Crippen LogP) is 3.03. The monoisotopic (exact) mass is 326 g/mol. The quantitative estimate of drug-likeness (QED) is 0.681. The summed E-state index contributed by atoms with van der Waals surface area (Å²) in [6, 6.07) is 8.18. The normalized spacial score (nSPS) is 16.9. The third kappa shape index (κ3) is 2.80. The minimum atomic E-state index is -0.730. The number of amides is 4. The van der Waals surface area contributed by atoms with Gasteiger partial charge in [-0.3, -0.25) is 14.9 Å². The van der Waals surface area contributed by atoms with Gasteiger partial charge in [0.25, 0.3) is 11.8 Å². The molecule has 0 bridgehead atoms. The molecule has 116 valence electrons. The minimum Gasteiger partial charge on any atom is -0.273 e. The maximum Gasteiger partial charge on any atom is 0.335 e. The summed E-state index contributed by atoms with van der Waals surface area (Å²) >= 11 is 1.41. The third-order valence-electron chi connectivity index (χ3n) is 3.68. The molecule has 0 atom stereocenters. The highest BCUT2D eigenvalue weighted by Crippen LogP contribution is 2.24. The molecule has 1 aliphatic rings. The SMILES string of the molecule is Cc1ccc(N2C(=O)NC(=O)/C(=C/c3cccs3)C2=O)cc1C. The highest BCUT2D eigenvalue weighted by Gasteiger charge is 2.36. The van der Waals surface area contributed by atoms with E-state index in [2.05, 4.69) is 5.32 Å². The van der Waals surface area contributed by atoms with Crippen LogP contribution in [0.3, 0.4) is 0 Å². The Labute approximate surface area is 137 Å². The van der Waals surface area contributed by atoms with Crippen LogP contribution in [0.15, 0.2) is 41.3 Å². The van der Waals surface area contributed by atoms with Crippen molar-refractivity contribution in [2.75, 3.05) is 4.90 Å². The maximum atomic E-state index is 12.6. The molecule has 0 radical (unpaired) electrons. The number of carbonyl (C=O) groups excluding carboxylic acids is 3. The molecule has 2 aromatic rings. The maximum absolute atomic E-state index is 12.6. The van der Waals surface area contributed by atoms with Gasteiger partial charge in [0.05, 0.1) is 5.69 Å². The average Bonchev–Trinajstić information content (AvgIpc) is 3.00. The van der Waals surface area contributed by atoms with Crippen molar-refractivity contribution in [1.82, 2.24) is 5.32 Å². The van der Waals surface area contributed by atoms with E-state index in [0.717, 1.165) is 20.9 Å². The molecule has 23 heavy (non-hydrogen) atoms. The lowest BCUT2D eigenvalue weighted by atomic mass is 10.1. The molecule has 0 unspecified atom stereocenters. The molecule has 1 saturated heterocycles. The summed E-state index contributed by atoms with van der Waals surface area (Å²) in [4.78, 5) is 38.5. The second kappa shape index (κ2) is 5.81. The van der Waals surface area contributed by atoms with E-state index < -0.39 is 17.8 Å². The number of hydrogen-bond donors (Lipinski definition) is 1. The Morgan fingerprint density at radius 1 is 1.09 bits per heavy atom. The Bertz CT molecular complexity index is 838. The first-order valence-electron chi connectivity index (χ1n) is 6.99. The summed E-state index contributed by atoms with van der Waals surface area (Å²) in [6.45, 7) is 3.85. The van der Waals surface area contributed by atoms with E-state index in [0.29, 0.717) is 5.69 Å². The number of nitrogens with one attached hydrogen (secondary N) is 1. The van der Waals surface area contributed by atoms with E-state index in [1.54, 1.807) is 18.2 Å². The summed E-state index contributed by atoms with van der Waals surface area (Å²) < 4.78 is 0. The van der Waals surface area contributed by atoms with Crippen LogP contribution in [0.25, 0.3) is 6.08 Å². The molecular formula is C17H14N2O3S. The third-order valence-corrected chi connectivity index (χ3v) is 4.50. The first-order chi connectivity index (χ1) is 11.0. The van der Waals surface area contributed by atoms with E-state index in [1.807, 2.05) is 31.4 Å². The molecule has 3 rings (SSSR count). The van der Waals surface area contributed by atoms with Crippen LogP contribution in [0, 0.1) is 13.8 Å². The van der Waals surface area contributed by atoms with Crippen LogP contribution in [0.2, 0.25) is 0 Å². The highest BCUT2D eigenvalue weighted by atomic mass is 32.1. The second-order valence-corrected chi connectivity index (χ2v) is 6.22. The van der Waals surface area contributed by atoms with Crippen LogP contribution in [0.5, 0.6) is 0 Å². The Balaban J connectivity index is 2.03. The predicted molar refractivity (Wildman–Crippen MR) is 89.2 cm³/mol. The minimum absolute atomic E-state index is 0.0507. The number of benzene rings is 1. The lowest BCUT2D eigenvalue weighted by molar-refractivity contribution is -0.122. The Morgan fingerprint density at radius 2 is 1.87 bits per heavy atom. The molecule has 1 N–H and O–H groups in total. The van der Waals surface area contributed by atoms with Crippen LogP contribution < -0.4 is 10.2 Å². The number of carbonyl (C=O) groups is 3. The van der Waals surface area contributed by atoms with Gasteiger partial charge < -0.3 is 0 Å². The standard InChI is InChI=1S/C17H14N2O3S/c1-10-5-6-12(8-11(10)2)19-16(21)14(15(20)18-17(19)22)9-13-4-3-7-23-13/h3-9H,1-2H3,(H,18,20,22)/b14-9-. The summed E-state index contributed by atoms with van der Waals surface area (Å²) in [5.41, 5.74) is 2.42. The molecule has 1 fully saturated rings. The molecule has 0 spiro atoms. The number of rotatable bonds is 2. The van der Waals surface area contributed by atoms with Crippen molar-refractivity contribution in [3.63, 3.8) is 0 Å². The van der Waals surface area contributed by atoms with Gasteiger partial charge in [0.1, 0.15) is 5.57 Å². The molecule has 2 heterocycles. The van der Waals surface area contributed by atoms with Crippen molar-refractivity contribution in [2.24, 2.45) is 0 Å². The van der Waals surface area contributed by atoms with E-state index in [4.69, 9.17) is 0 Å². The zero-order valence-corrected chi connectivity index (χ0v) is 13.4. The summed E-state index contributed by atoms with van der Waals surface area (Å²) in [6.07, 6.45) is 1.50. The summed E-state index contributed by atoms with van der Waals surface area (Å²) in [5.74, 6) is -1.29. The van der Waals surface area contributed by atoms with Crippen LogP contribution in [-0.4, -0.2) is 17.8 Å². The largest absolute Gasteiger partial charge is 0.335 e. The number of nitrogens with zero attached hydrogens (tertiary/aromatic N) is 1. The van der Waals surface area contributed by atoms with E-state index in [9.17, 15) is 14.4 Å². The molecular weight excluding hydrogens is 312 g/mol. The highest BCUT2D eigenvalue weighted by molar-refractivity contribution is 7.10. The van der Waals surface area contributed by atoms with Crippen LogP contribution in [0.4, 0.5) is 10.5 Å². The second-order valence-electron chi connectivity index (χ2n) is 5.24. The van der Waals surface area contributed by atoms with Gasteiger partial charge in [0.15, 0.2) is 0 Å². The Morgan fingerprint density at radius 3 is 2.52 bits per heavy atom. The van der Waals surface area contributed by atoms with Gasteiger partial charge in [-0.15, -0.1) is 11.3 Å². The van der Waals surface area contributed by atoms with Gasteiger partial charge in [0.2, 0.25) is 0 Å². The van der Waals surface area contributed by atoms with Crippen molar-refractivity contribution in [1.29, 1.82) is 0 Å². The summed E-state index contributed by atoms with van der Waals surface area (Å²) in [5, 5.41) is 4.07. The Kier molecular flexibility index (Phi) is 3.83. The molecule has 1 aromatic carbocycles. The molecule has 1 aromatic heterocycles. The fourth-order valence-electron chi connectivity index (χ4n) is 2.27. The topological polar surface area (TPSA) is 66.5 Å². The zero-order valence-electron chi connectivity index (χ0n) is 12.6. The van der Waals surface area contributed by atoms with Gasteiger partial charge in [-0.1, -0.05) is 12.1 Å². The van der Waals surface area contributed by atoms with Crippen molar-refractivity contribution in [2.45, 2.75) is 13.8 Å². The lowest BCUT2D eigenvalue weighted by Gasteiger charge is -2.26. The lowest BCUT2D eigenvalue weighted by Crippen LogP contribution is -2.54. The number of barbiturate groups is 1. The number of hydrogen-bond acceptors (Lipinski definition) is 4. The number of urea groups is 1. The van der Waals surface area contributed by atoms with E-state index in [1.165, 1.54) is 17.4 Å². The number of anilines is 1. The molecule has 0 aliphatic carbocycles. The molecule has 1 aliphatic heterocycles. The first-order valence-corrected chi connectivity index (χ1v) is 7.87. The van der Waals surface area contributed by atoms with Crippen molar-refractivity contribution in [3.05, 3.63) is 57.3 Å². The van der Waals surface area contributed by atoms with Crippen LogP contribution >= 0.6 is 11.3 Å². The molecule has 5 nitrogen and oxygen atoms in total. The van der Waals surface area contributed by atoms with Crippen molar-refractivity contribution >= 4 is 40.9 Å². The fourth-order valence-corrected chi connectivity index (χ4v) is 2.93. The molecule has 6 heteroatoms. The number of aryl methyl sites for hydroxylation is 2. The smallest absolute Gasteiger partial charge is 0.273 e. The van der Waals surface area contributed by atoms with Gasteiger partial charge in [-0.2, -0.15) is 0 Å². The first kappa shape index (κ1) is 15.2. The zero-order chi connectivity index (χ0) is 16.6. The van der Waals surface area contributed by atoms with Crippen LogP contribution in [0.1, 0.15) is 16.0 Å². The van der Waals surface area contributed by atoms with Crippen LogP contribution in [-0.2, 0) is 9.59 Å². The molecule has 0 saturated carbocycles. The van der Waals surface area contributed by atoms with Gasteiger partial charge in [0, 0.05) is 4.88 Å². The van der Waals surface area contributed by atoms with Gasteiger partial charge >= 0.3 is 6.03 Å². The average molecular weight is 326 g/mol. The fraction of sp³-hybridized carbons (Fsp3) is 0.118. The van der Waals surface area contributed by atoms with Crippen molar-refractivity contribution < 1.29 is 14.4 Å².